The number of benzene rings is 2. The number of carbonyl (C=O) groups is 3. The fourth-order valence-electron chi connectivity index (χ4n) is 3.89. The Morgan fingerprint density at radius 3 is 2.47 bits per heavy atom. The third-order valence-electron chi connectivity index (χ3n) is 5.64. The second-order valence-corrected chi connectivity index (χ2v) is 9.86. The van der Waals surface area contributed by atoms with Crippen molar-refractivity contribution in [3.8, 4) is 0 Å². The van der Waals surface area contributed by atoms with E-state index in [1.54, 1.807) is 71.7 Å². The first-order valence-corrected chi connectivity index (χ1v) is 13.0. The van der Waals surface area contributed by atoms with Crippen LogP contribution in [-0.4, -0.2) is 47.0 Å². The van der Waals surface area contributed by atoms with E-state index in [1.165, 1.54) is 4.90 Å². The summed E-state index contributed by atoms with van der Waals surface area (Å²) < 4.78 is 5.03. The van der Waals surface area contributed by atoms with Gasteiger partial charge >= 0.3 is 5.97 Å². The molecule has 0 radical (unpaired) electrons. The van der Waals surface area contributed by atoms with Gasteiger partial charge < -0.3 is 15.0 Å². The van der Waals surface area contributed by atoms with Crippen molar-refractivity contribution in [2.24, 2.45) is 0 Å². The number of hydrogen-bond donors (Lipinski definition) is 1. The van der Waals surface area contributed by atoms with Gasteiger partial charge in [-0.05, 0) is 85.5 Å². The van der Waals surface area contributed by atoms with Gasteiger partial charge in [-0.3, -0.25) is 14.5 Å². The molecule has 0 aliphatic carbocycles. The van der Waals surface area contributed by atoms with Crippen molar-refractivity contribution >= 4 is 69.4 Å². The number of nitrogens with zero attached hydrogens (tertiary/aromatic N) is 2. The number of rotatable bonds is 9. The highest BCUT2D eigenvalue weighted by Gasteiger charge is 2.44. The van der Waals surface area contributed by atoms with E-state index in [2.05, 4.69) is 5.32 Å². The van der Waals surface area contributed by atoms with Gasteiger partial charge in [-0.25, -0.2) is 4.79 Å². The van der Waals surface area contributed by atoms with Gasteiger partial charge in [-0.15, -0.1) is 11.3 Å². The van der Waals surface area contributed by atoms with Crippen molar-refractivity contribution in [2.45, 2.75) is 25.8 Å². The zero-order chi connectivity index (χ0) is 25.7. The highest BCUT2D eigenvalue weighted by molar-refractivity contribution is 7.80. The second kappa shape index (κ2) is 11.6. The Hall–Kier alpha value is -3.27. The van der Waals surface area contributed by atoms with Gasteiger partial charge in [0.2, 0.25) is 5.91 Å². The average Bonchev–Trinajstić information content (AvgIpc) is 3.46. The van der Waals surface area contributed by atoms with Crippen LogP contribution in [0.15, 0.2) is 66.0 Å². The average molecular weight is 542 g/mol. The van der Waals surface area contributed by atoms with Gasteiger partial charge in [0, 0.05) is 22.1 Å². The molecule has 4 rings (SSSR count). The fraction of sp³-hybridized carbons (Fsp3) is 0.231. The molecule has 1 saturated heterocycles. The Labute approximate surface area is 223 Å². The van der Waals surface area contributed by atoms with Crippen molar-refractivity contribution in [2.75, 3.05) is 23.4 Å². The standard InChI is InChI=1S/C26H24ClN3O4S2/c1-2-34-25(33)17-5-11-20(12-6-17)30-24(32)22(16-23(31)28-19-9-7-18(27)8-10-19)29(26(30)35)14-13-21-4-3-15-36-21/h3-12,15,22H,2,13-14,16H2,1H3,(H,28,31)/t22-/m0/s1. The van der Waals surface area contributed by atoms with E-state index >= 15 is 0 Å². The molecule has 1 aliphatic rings. The summed E-state index contributed by atoms with van der Waals surface area (Å²) in [5, 5.41) is 5.71. The molecule has 2 amide bonds. The quantitative estimate of drug-likeness (QED) is 0.298. The summed E-state index contributed by atoms with van der Waals surface area (Å²) in [7, 11) is 0. The summed E-state index contributed by atoms with van der Waals surface area (Å²) in [6, 6.07) is 16.5. The minimum absolute atomic E-state index is 0.0660. The molecule has 7 nitrogen and oxygen atoms in total. The lowest BCUT2D eigenvalue weighted by Gasteiger charge is -2.23. The van der Waals surface area contributed by atoms with E-state index < -0.39 is 12.0 Å². The summed E-state index contributed by atoms with van der Waals surface area (Å²) in [5.41, 5.74) is 1.50. The second-order valence-electron chi connectivity index (χ2n) is 8.02. The minimum Gasteiger partial charge on any atom is -0.462 e. The molecule has 0 saturated carbocycles. The first kappa shape index (κ1) is 25.8. The van der Waals surface area contributed by atoms with E-state index in [9.17, 15) is 14.4 Å². The lowest BCUT2D eigenvalue weighted by molar-refractivity contribution is -0.124. The number of esters is 1. The molecule has 1 aliphatic heterocycles. The monoisotopic (exact) mass is 541 g/mol. The van der Waals surface area contributed by atoms with Gasteiger partial charge in [-0.2, -0.15) is 0 Å². The number of thiocarbonyl (C=S) groups is 1. The minimum atomic E-state index is -0.755. The summed E-state index contributed by atoms with van der Waals surface area (Å²) in [6.07, 6.45) is 0.624. The van der Waals surface area contributed by atoms with Gasteiger partial charge in [0.15, 0.2) is 5.11 Å². The number of anilines is 2. The lowest BCUT2D eigenvalue weighted by Crippen LogP contribution is -2.39. The zero-order valence-corrected chi connectivity index (χ0v) is 21.9. The van der Waals surface area contributed by atoms with Crippen molar-refractivity contribution in [1.29, 1.82) is 0 Å². The van der Waals surface area contributed by atoms with E-state index in [4.69, 9.17) is 28.6 Å². The maximum atomic E-state index is 13.6. The Morgan fingerprint density at radius 2 is 1.83 bits per heavy atom. The lowest BCUT2D eigenvalue weighted by atomic mass is 10.1. The van der Waals surface area contributed by atoms with E-state index in [0.29, 0.717) is 40.0 Å². The van der Waals surface area contributed by atoms with Crippen LogP contribution in [0.3, 0.4) is 0 Å². The van der Waals surface area contributed by atoms with Crippen molar-refractivity contribution in [1.82, 2.24) is 4.90 Å². The molecule has 2 heterocycles. The largest absolute Gasteiger partial charge is 0.462 e. The van der Waals surface area contributed by atoms with Crippen molar-refractivity contribution in [3.05, 3.63) is 81.5 Å². The smallest absolute Gasteiger partial charge is 0.338 e. The molecule has 1 aromatic heterocycles. The highest BCUT2D eigenvalue weighted by Crippen LogP contribution is 2.28. The maximum Gasteiger partial charge on any atom is 0.338 e. The molecule has 1 fully saturated rings. The predicted octanol–water partition coefficient (Wildman–Crippen LogP) is 5.15. The molecule has 1 atom stereocenters. The normalized spacial score (nSPS) is 15.3. The van der Waals surface area contributed by atoms with Crippen LogP contribution in [0.1, 0.15) is 28.6 Å². The first-order valence-electron chi connectivity index (χ1n) is 11.4. The van der Waals surface area contributed by atoms with Crippen LogP contribution in [0, 0.1) is 0 Å². The molecule has 0 bridgehead atoms. The molecular weight excluding hydrogens is 518 g/mol. The Morgan fingerprint density at radius 1 is 1.11 bits per heavy atom. The number of halogens is 1. The molecule has 186 valence electrons. The molecule has 0 spiro atoms. The highest BCUT2D eigenvalue weighted by atomic mass is 35.5. The molecule has 0 unspecified atom stereocenters. The Kier molecular flexibility index (Phi) is 8.35. The molecule has 10 heteroatoms. The SMILES string of the molecule is CCOC(=O)c1ccc(N2C(=O)[C@H](CC(=O)Nc3ccc(Cl)cc3)N(CCc3cccs3)C2=S)cc1. The third kappa shape index (κ3) is 5.92. The number of thiophene rings is 1. The van der Waals surface area contributed by atoms with Crippen LogP contribution < -0.4 is 10.2 Å². The fourth-order valence-corrected chi connectivity index (χ4v) is 5.13. The number of ether oxygens (including phenoxy) is 1. The molecular formula is C26H24ClN3O4S2. The van der Waals surface area contributed by atoms with E-state index in [-0.39, 0.29) is 24.8 Å². The van der Waals surface area contributed by atoms with Crippen LogP contribution >= 0.6 is 35.2 Å². The van der Waals surface area contributed by atoms with Gasteiger partial charge in [0.05, 0.1) is 24.3 Å². The topological polar surface area (TPSA) is 78.9 Å². The van der Waals surface area contributed by atoms with Crippen molar-refractivity contribution in [3.63, 3.8) is 0 Å². The van der Waals surface area contributed by atoms with Gasteiger partial charge in [0.1, 0.15) is 6.04 Å². The van der Waals surface area contributed by atoms with Crippen LogP contribution in [0.2, 0.25) is 5.02 Å². The van der Waals surface area contributed by atoms with Gasteiger partial charge in [0.25, 0.3) is 5.91 Å². The van der Waals surface area contributed by atoms with Crippen LogP contribution in [-0.2, 0) is 20.7 Å². The summed E-state index contributed by atoms with van der Waals surface area (Å²) in [5.74, 6) is -1.03. The molecule has 36 heavy (non-hydrogen) atoms. The first-order chi connectivity index (χ1) is 17.4. The molecule has 2 aromatic carbocycles. The van der Waals surface area contributed by atoms with Crippen LogP contribution in [0.25, 0.3) is 0 Å². The summed E-state index contributed by atoms with van der Waals surface area (Å²) in [6.45, 7) is 2.50. The predicted molar refractivity (Wildman–Crippen MR) is 146 cm³/mol. The molecule has 3 aromatic rings. The maximum absolute atomic E-state index is 13.6. The summed E-state index contributed by atoms with van der Waals surface area (Å²) in [4.78, 5) is 42.8. The Bertz CT molecular complexity index is 1250. The van der Waals surface area contributed by atoms with E-state index in [1.807, 2.05) is 17.5 Å². The van der Waals surface area contributed by atoms with E-state index in [0.717, 1.165) is 4.88 Å². The number of hydrogen-bond acceptors (Lipinski definition) is 6. The van der Waals surface area contributed by atoms with Crippen LogP contribution in [0.5, 0.6) is 0 Å². The van der Waals surface area contributed by atoms with Crippen LogP contribution in [0.4, 0.5) is 11.4 Å². The molecule has 1 N–H and O–H groups in total. The van der Waals surface area contributed by atoms with Crippen molar-refractivity contribution < 1.29 is 19.1 Å². The summed E-state index contributed by atoms with van der Waals surface area (Å²) >= 11 is 13.3. The third-order valence-corrected chi connectivity index (χ3v) is 7.25. The number of carbonyl (C=O) groups excluding carboxylic acids is 3. The zero-order valence-electron chi connectivity index (χ0n) is 19.5. The van der Waals surface area contributed by atoms with Gasteiger partial charge in [-0.1, -0.05) is 17.7 Å². The number of amides is 2. The Balaban J connectivity index is 1.54. The number of nitrogens with one attached hydrogen (secondary N) is 1.